The van der Waals surface area contributed by atoms with E-state index in [1.165, 1.54) is 35.2 Å². The van der Waals surface area contributed by atoms with Crippen LogP contribution in [0.2, 0.25) is 0 Å². The minimum atomic E-state index is -0.678. The summed E-state index contributed by atoms with van der Waals surface area (Å²) in [5.41, 5.74) is 0.774. The lowest BCUT2D eigenvalue weighted by Crippen LogP contribution is -2.44. The number of nitrogens with one attached hydrogen (secondary N) is 1. The van der Waals surface area contributed by atoms with Crippen molar-refractivity contribution in [3.63, 3.8) is 0 Å². The van der Waals surface area contributed by atoms with Crippen LogP contribution in [0.1, 0.15) is 24.4 Å². The summed E-state index contributed by atoms with van der Waals surface area (Å²) in [5.74, 6) is -1.89. The molecule has 0 aromatic heterocycles. The van der Waals surface area contributed by atoms with Crippen LogP contribution in [0.3, 0.4) is 0 Å². The number of likely N-dealkylation sites (tertiary alicyclic amines) is 1. The lowest BCUT2D eigenvalue weighted by Gasteiger charge is -2.38. The van der Waals surface area contributed by atoms with E-state index in [0.29, 0.717) is 17.7 Å². The molecule has 2 amide bonds. The molecule has 0 saturated carbocycles. The molecular formula is C19H18F2N2O2. The zero-order chi connectivity index (χ0) is 18.0. The molecule has 130 valence electrons. The summed E-state index contributed by atoms with van der Waals surface area (Å²) in [6.45, 7) is 0. The van der Waals surface area contributed by atoms with E-state index in [1.54, 1.807) is 25.2 Å². The van der Waals surface area contributed by atoms with Gasteiger partial charge < -0.3 is 10.2 Å². The van der Waals surface area contributed by atoms with Gasteiger partial charge in [-0.25, -0.2) is 8.78 Å². The summed E-state index contributed by atoms with van der Waals surface area (Å²) < 4.78 is 27.3. The van der Waals surface area contributed by atoms with E-state index < -0.39 is 23.6 Å². The number of halogens is 2. The van der Waals surface area contributed by atoms with Crippen molar-refractivity contribution in [1.82, 2.24) is 4.90 Å². The zero-order valence-electron chi connectivity index (χ0n) is 13.7. The minimum Gasteiger partial charge on any atom is -0.338 e. The Balaban J connectivity index is 1.89. The van der Waals surface area contributed by atoms with Gasteiger partial charge in [0.25, 0.3) is 0 Å². The second-order valence-corrected chi connectivity index (χ2v) is 6.11. The SMILES string of the molecule is CN1C(=O)CC[C@@H](C(=O)Nc2ccc(F)cc2)[C@@H]1c1ccccc1F. The van der Waals surface area contributed by atoms with E-state index in [1.807, 2.05) is 0 Å². The Labute approximate surface area is 144 Å². The highest BCUT2D eigenvalue weighted by Gasteiger charge is 2.40. The Morgan fingerprint density at radius 3 is 2.48 bits per heavy atom. The lowest BCUT2D eigenvalue weighted by atomic mass is 9.83. The minimum absolute atomic E-state index is 0.126. The summed E-state index contributed by atoms with van der Waals surface area (Å²) in [6.07, 6.45) is 0.554. The largest absolute Gasteiger partial charge is 0.338 e. The molecule has 3 rings (SSSR count). The number of carbonyl (C=O) groups excluding carboxylic acids is 2. The van der Waals surface area contributed by atoms with Crippen LogP contribution < -0.4 is 5.32 Å². The Kier molecular flexibility index (Phi) is 4.79. The summed E-state index contributed by atoms with van der Waals surface area (Å²) in [7, 11) is 1.58. The maximum absolute atomic E-state index is 14.3. The van der Waals surface area contributed by atoms with E-state index in [-0.39, 0.29) is 18.2 Å². The number of hydrogen-bond acceptors (Lipinski definition) is 2. The third-order valence-electron chi connectivity index (χ3n) is 4.53. The van der Waals surface area contributed by atoms with Crippen molar-refractivity contribution < 1.29 is 18.4 Å². The number of amides is 2. The van der Waals surface area contributed by atoms with Gasteiger partial charge in [-0.15, -0.1) is 0 Å². The molecule has 1 aliphatic rings. The van der Waals surface area contributed by atoms with Gasteiger partial charge in [-0.3, -0.25) is 9.59 Å². The zero-order valence-corrected chi connectivity index (χ0v) is 13.7. The first-order valence-electron chi connectivity index (χ1n) is 8.04. The van der Waals surface area contributed by atoms with E-state index in [9.17, 15) is 18.4 Å². The van der Waals surface area contributed by atoms with Crippen LogP contribution in [0.25, 0.3) is 0 Å². The van der Waals surface area contributed by atoms with Crippen LogP contribution in [0.4, 0.5) is 14.5 Å². The van der Waals surface area contributed by atoms with Crippen molar-refractivity contribution in [1.29, 1.82) is 0 Å². The van der Waals surface area contributed by atoms with Gasteiger partial charge >= 0.3 is 0 Å². The number of piperidine rings is 1. The van der Waals surface area contributed by atoms with Gasteiger partial charge in [-0.2, -0.15) is 0 Å². The summed E-state index contributed by atoms with van der Waals surface area (Å²) in [6, 6.07) is 10.9. The quantitative estimate of drug-likeness (QED) is 0.926. The summed E-state index contributed by atoms with van der Waals surface area (Å²) in [5, 5.41) is 2.73. The first-order valence-corrected chi connectivity index (χ1v) is 8.04. The van der Waals surface area contributed by atoms with Gasteiger partial charge in [0.05, 0.1) is 12.0 Å². The molecule has 2 atom stereocenters. The fourth-order valence-electron chi connectivity index (χ4n) is 3.22. The fourth-order valence-corrected chi connectivity index (χ4v) is 3.22. The van der Waals surface area contributed by atoms with Crippen LogP contribution in [-0.2, 0) is 9.59 Å². The van der Waals surface area contributed by atoms with Crippen LogP contribution in [0, 0.1) is 17.6 Å². The summed E-state index contributed by atoms with van der Waals surface area (Å²) >= 11 is 0. The standard InChI is InChI=1S/C19H18F2N2O2/c1-23-17(24)11-10-15(18(23)14-4-2-3-5-16(14)21)19(25)22-13-8-6-12(20)7-9-13/h2-9,15,18H,10-11H2,1H3,(H,22,25)/t15-,18+/m1/s1. The number of nitrogens with zero attached hydrogens (tertiary/aromatic N) is 1. The van der Waals surface area contributed by atoms with E-state index in [4.69, 9.17) is 0 Å². The molecule has 1 fully saturated rings. The average Bonchev–Trinajstić information content (AvgIpc) is 2.60. The molecule has 1 N–H and O–H groups in total. The van der Waals surface area contributed by atoms with Crippen molar-refractivity contribution in [2.75, 3.05) is 12.4 Å². The lowest BCUT2D eigenvalue weighted by molar-refractivity contribution is -0.140. The number of hydrogen-bond donors (Lipinski definition) is 1. The van der Waals surface area contributed by atoms with Crippen LogP contribution in [0.15, 0.2) is 48.5 Å². The number of anilines is 1. The molecule has 25 heavy (non-hydrogen) atoms. The molecule has 0 unspecified atom stereocenters. The van der Waals surface area contributed by atoms with Gasteiger partial charge in [-0.1, -0.05) is 18.2 Å². The highest BCUT2D eigenvalue weighted by Crippen LogP contribution is 2.37. The molecule has 1 heterocycles. The van der Waals surface area contributed by atoms with E-state index in [0.717, 1.165) is 0 Å². The number of rotatable bonds is 3. The maximum Gasteiger partial charge on any atom is 0.229 e. The molecule has 1 saturated heterocycles. The van der Waals surface area contributed by atoms with Crippen LogP contribution in [0.5, 0.6) is 0 Å². The van der Waals surface area contributed by atoms with Gasteiger partial charge in [-0.05, 0) is 36.8 Å². The van der Waals surface area contributed by atoms with Crippen LogP contribution in [-0.4, -0.2) is 23.8 Å². The third-order valence-corrected chi connectivity index (χ3v) is 4.53. The van der Waals surface area contributed by atoms with Crippen molar-refractivity contribution in [3.8, 4) is 0 Å². The molecule has 2 aromatic carbocycles. The monoisotopic (exact) mass is 344 g/mol. The normalized spacial score (nSPS) is 20.4. The second-order valence-electron chi connectivity index (χ2n) is 6.11. The predicted molar refractivity (Wildman–Crippen MR) is 89.7 cm³/mol. The molecule has 4 nitrogen and oxygen atoms in total. The smallest absolute Gasteiger partial charge is 0.229 e. The third kappa shape index (κ3) is 3.52. The van der Waals surface area contributed by atoms with Crippen LogP contribution >= 0.6 is 0 Å². The highest BCUT2D eigenvalue weighted by molar-refractivity contribution is 5.94. The molecule has 0 aliphatic carbocycles. The van der Waals surface area contributed by atoms with Crippen molar-refractivity contribution in [2.45, 2.75) is 18.9 Å². The van der Waals surface area contributed by atoms with Crippen molar-refractivity contribution in [3.05, 3.63) is 65.7 Å². The molecular weight excluding hydrogens is 326 g/mol. The molecule has 1 aliphatic heterocycles. The average molecular weight is 344 g/mol. The first kappa shape index (κ1) is 17.1. The van der Waals surface area contributed by atoms with Crippen molar-refractivity contribution in [2.24, 2.45) is 5.92 Å². The molecule has 2 aromatic rings. The first-order chi connectivity index (χ1) is 12.0. The molecule has 0 spiro atoms. The highest BCUT2D eigenvalue weighted by atomic mass is 19.1. The van der Waals surface area contributed by atoms with E-state index >= 15 is 0 Å². The van der Waals surface area contributed by atoms with Crippen molar-refractivity contribution >= 4 is 17.5 Å². The van der Waals surface area contributed by atoms with Gasteiger partial charge in [0.2, 0.25) is 11.8 Å². The Bertz CT molecular complexity index is 792. The maximum atomic E-state index is 14.3. The second kappa shape index (κ2) is 7.01. The van der Waals surface area contributed by atoms with Gasteiger partial charge in [0, 0.05) is 24.7 Å². The topological polar surface area (TPSA) is 49.4 Å². The Morgan fingerprint density at radius 2 is 1.80 bits per heavy atom. The van der Waals surface area contributed by atoms with E-state index in [2.05, 4.69) is 5.32 Å². The number of benzene rings is 2. The van der Waals surface area contributed by atoms with Gasteiger partial charge in [0.15, 0.2) is 0 Å². The fraction of sp³-hybridized carbons (Fsp3) is 0.263. The molecule has 0 radical (unpaired) electrons. The molecule has 0 bridgehead atoms. The Hall–Kier alpha value is -2.76. The molecule has 6 heteroatoms. The Morgan fingerprint density at radius 1 is 1.12 bits per heavy atom. The summed E-state index contributed by atoms with van der Waals surface area (Å²) in [4.78, 5) is 26.2. The number of carbonyl (C=O) groups is 2. The van der Waals surface area contributed by atoms with Gasteiger partial charge in [0.1, 0.15) is 11.6 Å². The predicted octanol–water partition coefficient (Wildman–Crippen LogP) is 3.51.